The van der Waals surface area contributed by atoms with E-state index >= 15 is 0 Å². The molecule has 2 fully saturated rings. The number of carbonyl (C=O) groups is 1. The average molecular weight is 255 g/mol. The summed E-state index contributed by atoms with van der Waals surface area (Å²) in [6, 6.07) is 10.9. The quantitative estimate of drug-likeness (QED) is 0.788. The topological polar surface area (TPSA) is 29.4 Å². The Hall–Kier alpha value is -1.44. The molecule has 100 valence electrons. The number of ketones is 1. The molecule has 0 saturated heterocycles. The molecule has 1 aromatic rings. The minimum absolute atomic E-state index is 0.350. The number of hydrogen-bond donors (Lipinski definition) is 0. The monoisotopic (exact) mass is 255 g/mol. The maximum atomic E-state index is 12.0. The number of aliphatic imine (C=N–C) groups is 1. The fraction of sp³-hybridized carbons (Fsp3) is 0.529. The highest BCUT2D eigenvalue weighted by atomic mass is 16.1. The molecule has 1 atom stereocenters. The summed E-state index contributed by atoms with van der Waals surface area (Å²) in [6.07, 6.45) is 7.30. The highest BCUT2D eigenvalue weighted by Gasteiger charge is 2.26. The highest BCUT2D eigenvalue weighted by molar-refractivity contribution is 6.05. The molecule has 0 spiro atoms. The molecule has 3 rings (SSSR count). The van der Waals surface area contributed by atoms with Crippen molar-refractivity contribution >= 4 is 11.5 Å². The normalized spacial score (nSPS) is 27.1. The van der Waals surface area contributed by atoms with Gasteiger partial charge >= 0.3 is 0 Å². The zero-order valence-electron chi connectivity index (χ0n) is 11.3. The van der Waals surface area contributed by atoms with Crippen molar-refractivity contribution in [3.05, 3.63) is 35.9 Å². The molecule has 19 heavy (non-hydrogen) atoms. The Morgan fingerprint density at radius 1 is 1.00 bits per heavy atom. The molecule has 2 aliphatic carbocycles. The van der Waals surface area contributed by atoms with Crippen molar-refractivity contribution in [2.75, 3.05) is 0 Å². The van der Waals surface area contributed by atoms with E-state index in [2.05, 4.69) is 24.3 Å². The summed E-state index contributed by atoms with van der Waals surface area (Å²) in [4.78, 5) is 16.8. The number of nitrogens with zero attached hydrogens (tertiary/aromatic N) is 1. The van der Waals surface area contributed by atoms with E-state index in [1.165, 1.54) is 31.2 Å². The van der Waals surface area contributed by atoms with Crippen LogP contribution in [0.4, 0.5) is 0 Å². The van der Waals surface area contributed by atoms with Crippen LogP contribution < -0.4 is 0 Å². The van der Waals surface area contributed by atoms with E-state index in [4.69, 9.17) is 4.99 Å². The van der Waals surface area contributed by atoms with Gasteiger partial charge in [-0.15, -0.1) is 0 Å². The second kappa shape index (κ2) is 5.68. The van der Waals surface area contributed by atoms with Gasteiger partial charge in [-0.2, -0.15) is 0 Å². The van der Waals surface area contributed by atoms with E-state index in [-0.39, 0.29) is 0 Å². The van der Waals surface area contributed by atoms with Gasteiger partial charge in [-0.3, -0.25) is 9.79 Å². The summed E-state index contributed by atoms with van der Waals surface area (Å²) < 4.78 is 0. The zero-order valence-corrected chi connectivity index (χ0v) is 11.3. The minimum Gasteiger partial charge on any atom is -0.299 e. The third-order valence-corrected chi connectivity index (χ3v) is 4.32. The average Bonchev–Trinajstić information content (AvgIpc) is 2.92. The third kappa shape index (κ3) is 3.12. The van der Waals surface area contributed by atoms with Gasteiger partial charge in [-0.05, 0) is 30.7 Å². The van der Waals surface area contributed by atoms with Crippen molar-refractivity contribution in [2.24, 2.45) is 4.99 Å². The van der Waals surface area contributed by atoms with Crippen molar-refractivity contribution in [3.8, 4) is 0 Å². The fourth-order valence-electron chi connectivity index (χ4n) is 3.35. The molecule has 0 N–H and O–H groups in total. The summed E-state index contributed by atoms with van der Waals surface area (Å²) in [5.41, 5.74) is 2.44. The molecule has 0 radical (unpaired) electrons. The van der Waals surface area contributed by atoms with E-state index in [1.807, 2.05) is 6.07 Å². The molecule has 0 aromatic heterocycles. The van der Waals surface area contributed by atoms with Gasteiger partial charge in [0.1, 0.15) is 5.78 Å². The molecule has 0 heterocycles. The second-order valence-corrected chi connectivity index (χ2v) is 5.86. The Morgan fingerprint density at radius 3 is 2.47 bits per heavy atom. The molecule has 2 aliphatic rings. The van der Waals surface area contributed by atoms with E-state index in [1.54, 1.807) is 0 Å². The van der Waals surface area contributed by atoms with Gasteiger partial charge in [0, 0.05) is 24.6 Å². The highest BCUT2D eigenvalue weighted by Crippen LogP contribution is 2.31. The van der Waals surface area contributed by atoms with Crippen LogP contribution in [-0.2, 0) is 4.79 Å². The number of carbonyl (C=O) groups excluding carboxylic acids is 1. The Morgan fingerprint density at radius 2 is 1.74 bits per heavy atom. The number of Topliss-reactive ketones (excluding diaryl/α,β-unsaturated/α-hetero) is 1. The summed E-state index contributed by atoms with van der Waals surface area (Å²) in [5, 5.41) is 0. The Labute approximate surface area is 114 Å². The van der Waals surface area contributed by atoms with Crippen molar-refractivity contribution in [1.82, 2.24) is 0 Å². The summed E-state index contributed by atoms with van der Waals surface area (Å²) in [5.74, 6) is 0.708. The molecule has 0 unspecified atom stereocenters. The number of benzene rings is 1. The van der Waals surface area contributed by atoms with Crippen LogP contribution in [0.3, 0.4) is 0 Å². The smallest absolute Gasteiger partial charge is 0.139 e. The van der Waals surface area contributed by atoms with Crippen molar-refractivity contribution in [3.63, 3.8) is 0 Å². The second-order valence-electron chi connectivity index (χ2n) is 5.86. The van der Waals surface area contributed by atoms with Crippen LogP contribution in [0.5, 0.6) is 0 Å². The summed E-state index contributed by atoms with van der Waals surface area (Å²) in [6.45, 7) is 0. The van der Waals surface area contributed by atoms with Gasteiger partial charge in [0.05, 0.1) is 0 Å². The van der Waals surface area contributed by atoms with Crippen LogP contribution in [0.15, 0.2) is 35.3 Å². The van der Waals surface area contributed by atoms with Gasteiger partial charge in [0.25, 0.3) is 0 Å². The van der Waals surface area contributed by atoms with Crippen LogP contribution in [-0.4, -0.2) is 17.5 Å². The van der Waals surface area contributed by atoms with Crippen molar-refractivity contribution < 1.29 is 4.79 Å². The number of hydrogen-bond acceptors (Lipinski definition) is 2. The van der Waals surface area contributed by atoms with Crippen LogP contribution >= 0.6 is 0 Å². The third-order valence-electron chi connectivity index (χ3n) is 4.32. The standard InChI is InChI=1S/C17H21NO/c19-17-11-14(13-6-2-1-3-7-13)10-16(12-17)18-15-8-4-5-9-15/h1-3,6-7,14-15H,4-5,8-12H2/t14-/m0/s1. The van der Waals surface area contributed by atoms with E-state index < -0.39 is 0 Å². The van der Waals surface area contributed by atoms with E-state index in [9.17, 15) is 4.79 Å². The van der Waals surface area contributed by atoms with Gasteiger partial charge in [-0.25, -0.2) is 0 Å². The van der Waals surface area contributed by atoms with Gasteiger partial charge in [0.2, 0.25) is 0 Å². The summed E-state index contributed by atoms with van der Waals surface area (Å²) >= 11 is 0. The summed E-state index contributed by atoms with van der Waals surface area (Å²) in [7, 11) is 0. The lowest BCUT2D eigenvalue weighted by molar-refractivity contribution is -0.118. The van der Waals surface area contributed by atoms with Crippen molar-refractivity contribution in [2.45, 2.75) is 56.9 Å². The van der Waals surface area contributed by atoms with Crippen LogP contribution in [0.25, 0.3) is 0 Å². The zero-order chi connectivity index (χ0) is 13.1. The van der Waals surface area contributed by atoms with E-state index in [0.29, 0.717) is 30.6 Å². The van der Waals surface area contributed by atoms with Gasteiger partial charge in [-0.1, -0.05) is 43.2 Å². The van der Waals surface area contributed by atoms with Crippen molar-refractivity contribution in [1.29, 1.82) is 0 Å². The van der Waals surface area contributed by atoms with Crippen LogP contribution in [0, 0.1) is 0 Å². The largest absolute Gasteiger partial charge is 0.299 e. The first kappa shape index (κ1) is 12.6. The fourth-order valence-corrected chi connectivity index (χ4v) is 3.35. The predicted octanol–water partition coefficient (Wildman–Crippen LogP) is 3.91. The lowest BCUT2D eigenvalue weighted by Gasteiger charge is -2.23. The lowest BCUT2D eigenvalue weighted by Crippen LogP contribution is -2.23. The first-order valence-corrected chi connectivity index (χ1v) is 7.43. The Kier molecular flexibility index (Phi) is 3.77. The molecule has 0 aliphatic heterocycles. The Bertz CT molecular complexity index is 471. The number of rotatable bonds is 2. The van der Waals surface area contributed by atoms with Crippen LogP contribution in [0.1, 0.15) is 56.4 Å². The molecular weight excluding hydrogens is 234 g/mol. The molecule has 2 nitrogen and oxygen atoms in total. The minimum atomic E-state index is 0.350. The first-order chi connectivity index (χ1) is 9.31. The maximum absolute atomic E-state index is 12.0. The van der Waals surface area contributed by atoms with Crippen LogP contribution in [0.2, 0.25) is 0 Å². The van der Waals surface area contributed by atoms with Gasteiger partial charge in [0.15, 0.2) is 0 Å². The molecule has 1 aromatic carbocycles. The molecule has 0 bridgehead atoms. The molecule has 2 heteroatoms. The molecular formula is C17H21NO. The lowest BCUT2D eigenvalue weighted by atomic mass is 9.82. The molecule has 0 amide bonds. The SMILES string of the molecule is O=C1CC(=NC2CCCC2)C[C@H](c2ccccc2)C1. The predicted molar refractivity (Wildman–Crippen MR) is 77.7 cm³/mol. The Balaban J connectivity index is 1.75. The van der Waals surface area contributed by atoms with Gasteiger partial charge < -0.3 is 0 Å². The van der Waals surface area contributed by atoms with E-state index in [0.717, 1.165) is 12.1 Å². The first-order valence-electron chi connectivity index (χ1n) is 7.43. The maximum Gasteiger partial charge on any atom is 0.139 e. The molecule has 2 saturated carbocycles.